The number of likely N-dealkylation sites (N-methyl/N-ethyl adjacent to an activating group) is 1. The largest absolute Gasteiger partial charge is 0.354 e. The van der Waals surface area contributed by atoms with Crippen LogP contribution in [0.25, 0.3) is 0 Å². The maximum absolute atomic E-state index is 11.7. The van der Waals surface area contributed by atoms with E-state index in [-0.39, 0.29) is 18.5 Å². The highest BCUT2D eigenvalue weighted by Gasteiger charge is 2.13. The molecule has 19 heavy (non-hydrogen) atoms. The molecule has 6 nitrogen and oxygen atoms in total. The summed E-state index contributed by atoms with van der Waals surface area (Å²) in [6, 6.07) is 0.110. The van der Waals surface area contributed by atoms with Crippen LogP contribution >= 0.6 is 11.6 Å². The van der Waals surface area contributed by atoms with E-state index in [0.717, 1.165) is 6.54 Å². The van der Waals surface area contributed by atoms with Gasteiger partial charge in [0.15, 0.2) is 5.82 Å². The summed E-state index contributed by atoms with van der Waals surface area (Å²) in [5.41, 5.74) is 0. The average molecular weight is 286 g/mol. The van der Waals surface area contributed by atoms with Gasteiger partial charge in [-0.05, 0) is 20.8 Å². The van der Waals surface area contributed by atoms with Crippen LogP contribution in [0, 0.1) is 0 Å². The summed E-state index contributed by atoms with van der Waals surface area (Å²) in [7, 11) is 1.77. The summed E-state index contributed by atoms with van der Waals surface area (Å²) in [4.78, 5) is 21.7. The fourth-order valence-corrected chi connectivity index (χ4v) is 1.76. The minimum atomic E-state index is -0.0721. The Morgan fingerprint density at radius 1 is 1.53 bits per heavy atom. The molecular formula is C12H20ClN5O. The van der Waals surface area contributed by atoms with Crippen LogP contribution in [0.15, 0.2) is 6.20 Å². The normalized spacial score (nSPS) is 10.4. The van der Waals surface area contributed by atoms with Crippen molar-refractivity contribution in [3.8, 4) is 0 Å². The van der Waals surface area contributed by atoms with Crippen LogP contribution in [0.3, 0.4) is 0 Å². The van der Waals surface area contributed by atoms with Crippen LogP contribution in [0.2, 0.25) is 5.02 Å². The molecule has 0 aromatic carbocycles. The number of anilines is 2. The molecule has 0 aliphatic heterocycles. The van der Waals surface area contributed by atoms with Gasteiger partial charge in [-0.25, -0.2) is 4.98 Å². The maximum atomic E-state index is 11.7. The Balaban J connectivity index is 2.77. The van der Waals surface area contributed by atoms with Gasteiger partial charge in [0.2, 0.25) is 11.9 Å². The molecule has 0 saturated heterocycles. The molecule has 0 unspecified atom stereocenters. The minimum absolute atomic E-state index is 0.0721. The van der Waals surface area contributed by atoms with Gasteiger partial charge < -0.3 is 15.5 Å². The number of hydrogen-bond acceptors (Lipinski definition) is 5. The minimum Gasteiger partial charge on any atom is -0.354 e. The lowest BCUT2D eigenvalue weighted by atomic mass is 10.4. The van der Waals surface area contributed by atoms with Crippen LogP contribution in [-0.4, -0.2) is 42.1 Å². The smallest absolute Gasteiger partial charge is 0.239 e. The van der Waals surface area contributed by atoms with E-state index < -0.39 is 0 Å². The lowest BCUT2D eigenvalue weighted by molar-refractivity contribution is -0.120. The zero-order valence-corrected chi connectivity index (χ0v) is 12.5. The molecular weight excluding hydrogens is 266 g/mol. The van der Waals surface area contributed by atoms with Crippen LogP contribution < -0.4 is 15.5 Å². The molecule has 0 bridgehead atoms. The Kier molecular flexibility index (Phi) is 5.82. The Labute approximate surface area is 118 Å². The highest BCUT2D eigenvalue weighted by molar-refractivity contribution is 6.32. The van der Waals surface area contributed by atoms with E-state index >= 15 is 0 Å². The quantitative estimate of drug-likeness (QED) is 0.829. The fraction of sp³-hybridized carbons (Fsp3) is 0.583. The monoisotopic (exact) mass is 285 g/mol. The van der Waals surface area contributed by atoms with E-state index in [4.69, 9.17) is 11.6 Å². The van der Waals surface area contributed by atoms with E-state index in [1.54, 1.807) is 11.9 Å². The van der Waals surface area contributed by atoms with Gasteiger partial charge in [-0.15, -0.1) is 0 Å². The number of rotatable bonds is 6. The first kappa shape index (κ1) is 15.5. The molecule has 1 rings (SSSR count). The Bertz CT molecular complexity index is 438. The van der Waals surface area contributed by atoms with Crippen molar-refractivity contribution in [3.05, 3.63) is 11.2 Å². The molecule has 0 aliphatic rings. The van der Waals surface area contributed by atoms with Crippen LogP contribution in [0.4, 0.5) is 11.8 Å². The van der Waals surface area contributed by atoms with Gasteiger partial charge in [0.25, 0.3) is 0 Å². The number of halogens is 1. The van der Waals surface area contributed by atoms with Crippen LogP contribution in [0.1, 0.15) is 20.8 Å². The molecule has 0 atom stereocenters. The molecule has 1 aromatic heterocycles. The van der Waals surface area contributed by atoms with Crippen molar-refractivity contribution in [2.24, 2.45) is 0 Å². The van der Waals surface area contributed by atoms with E-state index in [2.05, 4.69) is 20.6 Å². The Morgan fingerprint density at radius 2 is 2.21 bits per heavy atom. The first-order chi connectivity index (χ1) is 8.93. The van der Waals surface area contributed by atoms with Crippen molar-refractivity contribution in [2.45, 2.75) is 26.8 Å². The van der Waals surface area contributed by atoms with Crippen molar-refractivity contribution in [1.29, 1.82) is 0 Å². The third kappa shape index (κ3) is 4.90. The standard InChI is InChI=1S/C12H20ClN5O/c1-5-14-12-15-6-9(13)11(17-12)18(4)7-10(19)16-8(2)3/h6,8H,5,7H2,1-4H3,(H,16,19)(H,14,15,17). The third-order valence-electron chi connectivity index (χ3n) is 2.25. The van der Waals surface area contributed by atoms with Gasteiger partial charge in [-0.1, -0.05) is 11.6 Å². The Hall–Kier alpha value is -1.56. The molecule has 7 heteroatoms. The van der Waals surface area contributed by atoms with E-state index in [1.807, 2.05) is 20.8 Å². The number of carbonyl (C=O) groups excluding carboxylic acids is 1. The lowest BCUT2D eigenvalue weighted by Gasteiger charge is -2.20. The lowest BCUT2D eigenvalue weighted by Crippen LogP contribution is -2.39. The summed E-state index contributed by atoms with van der Waals surface area (Å²) in [5, 5.41) is 6.25. The second-order valence-electron chi connectivity index (χ2n) is 4.47. The summed E-state index contributed by atoms with van der Waals surface area (Å²) >= 11 is 6.05. The predicted molar refractivity (Wildman–Crippen MR) is 77.8 cm³/mol. The summed E-state index contributed by atoms with van der Waals surface area (Å²) in [6.07, 6.45) is 1.53. The average Bonchev–Trinajstić information content (AvgIpc) is 2.30. The van der Waals surface area contributed by atoms with Gasteiger partial charge in [-0.3, -0.25) is 4.79 Å². The second kappa shape index (κ2) is 7.13. The van der Waals surface area contributed by atoms with Crippen molar-refractivity contribution < 1.29 is 4.79 Å². The molecule has 1 aromatic rings. The molecule has 0 radical (unpaired) electrons. The Morgan fingerprint density at radius 3 is 2.79 bits per heavy atom. The molecule has 1 heterocycles. The topological polar surface area (TPSA) is 70.2 Å². The van der Waals surface area contributed by atoms with Crippen molar-refractivity contribution >= 4 is 29.3 Å². The van der Waals surface area contributed by atoms with E-state index in [0.29, 0.717) is 16.8 Å². The van der Waals surface area contributed by atoms with Crippen molar-refractivity contribution in [2.75, 3.05) is 30.4 Å². The maximum Gasteiger partial charge on any atom is 0.239 e. The molecule has 2 N–H and O–H groups in total. The fourth-order valence-electron chi connectivity index (χ4n) is 1.53. The van der Waals surface area contributed by atoms with E-state index in [9.17, 15) is 4.79 Å². The first-order valence-corrected chi connectivity index (χ1v) is 6.58. The van der Waals surface area contributed by atoms with Gasteiger partial charge in [0, 0.05) is 19.6 Å². The van der Waals surface area contributed by atoms with Crippen molar-refractivity contribution in [3.63, 3.8) is 0 Å². The highest BCUT2D eigenvalue weighted by atomic mass is 35.5. The first-order valence-electron chi connectivity index (χ1n) is 6.21. The SMILES string of the molecule is CCNc1ncc(Cl)c(N(C)CC(=O)NC(C)C)n1. The molecule has 0 saturated carbocycles. The van der Waals surface area contributed by atoms with Crippen LogP contribution in [0.5, 0.6) is 0 Å². The zero-order chi connectivity index (χ0) is 14.4. The number of hydrogen-bond donors (Lipinski definition) is 2. The molecule has 106 valence electrons. The van der Waals surface area contributed by atoms with E-state index in [1.165, 1.54) is 6.20 Å². The second-order valence-corrected chi connectivity index (χ2v) is 4.88. The van der Waals surface area contributed by atoms with Gasteiger partial charge in [-0.2, -0.15) is 4.98 Å². The number of nitrogens with zero attached hydrogens (tertiary/aromatic N) is 3. The molecule has 1 amide bonds. The number of aromatic nitrogens is 2. The number of carbonyl (C=O) groups is 1. The predicted octanol–water partition coefficient (Wildman–Crippen LogP) is 1.52. The third-order valence-corrected chi connectivity index (χ3v) is 2.52. The van der Waals surface area contributed by atoms with Gasteiger partial charge in [0.1, 0.15) is 5.02 Å². The van der Waals surface area contributed by atoms with Crippen LogP contribution in [-0.2, 0) is 4.79 Å². The van der Waals surface area contributed by atoms with Crippen molar-refractivity contribution in [1.82, 2.24) is 15.3 Å². The summed E-state index contributed by atoms with van der Waals surface area (Å²) in [5.74, 6) is 0.960. The summed E-state index contributed by atoms with van der Waals surface area (Å²) < 4.78 is 0. The summed E-state index contributed by atoms with van der Waals surface area (Å²) in [6.45, 7) is 6.70. The van der Waals surface area contributed by atoms with Gasteiger partial charge >= 0.3 is 0 Å². The molecule has 0 aliphatic carbocycles. The highest BCUT2D eigenvalue weighted by Crippen LogP contribution is 2.22. The molecule has 0 spiro atoms. The zero-order valence-electron chi connectivity index (χ0n) is 11.7. The number of nitrogens with one attached hydrogen (secondary N) is 2. The number of amides is 1. The van der Waals surface area contributed by atoms with Gasteiger partial charge in [0.05, 0.1) is 12.7 Å². The molecule has 0 fully saturated rings.